The molecule has 2 atom stereocenters. The topological polar surface area (TPSA) is 55.4 Å². The molecule has 5 heteroatoms. The second kappa shape index (κ2) is 6.32. The number of carbonyl (C=O) groups is 2. The number of rotatable bonds is 3. The van der Waals surface area contributed by atoms with Gasteiger partial charge in [0.05, 0.1) is 17.6 Å². The van der Waals surface area contributed by atoms with E-state index in [1.54, 1.807) is 11.3 Å². The largest absolute Gasteiger partial charge is 0.460 e. The summed E-state index contributed by atoms with van der Waals surface area (Å²) in [5, 5.41) is 5.25. The van der Waals surface area contributed by atoms with Gasteiger partial charge in [-0.1, -0.05) is 12.1 Å². The van der Waals surface area contributed by atoms with E-state index in [-0.39, 0.29) is 29.7 Å². The molecular formula is C18H21NO3S. The number of Topliss-reactive ketones (excluding diaryl/α,β-unsaturated/α-hetero) is 1. The van der Waals surface area contributed by atoms with E-state index in [4.69, 9.17) is 4.74 Å². The van der Waals surface area contributed by atoms with Crippen LogP contribution in [0.3, 0.4) is 0 Å². The Kier molecular flexibility index (Phi) is 4.39. The molecule has 0 saturated carbocycles. The highest BCUT2D eigenvalue weighted by Crippen LogP contribution is 2.45. The number of fused-ring (bicyclic) bond motifs is 1. The van der Waals surface area contributed by atoms with Crippen LogP contribution < -0.4 is 5.32 Å². The van der Waals surface area contributed by atoms with Crippen molar-refractivity contribution < 1.29 is 14.3 Å². The fourth-order valence-corrected chi connectivity index (χ4v) is 4.21. The molecule has 1 aliphatic carbocycles. The summed E-state index contributed by atoms with van der Waals surface area (Å²) in [5.74, 6) is -0.695. The number of carbonyl (C=O) groups excluding carboxylic acids is 2. The van der Waals surface area contributed by atoms with Gasteiger partial charge in [0, 0.05) is 28.6 Å². The maximum absolute atomic E-state index is 12.7. The van der Waals surface area contributed by atoms with Gasteiger partial charge in [0.15, 0.2) is 0 Å². The normalized spacial score (nSPS) is 24.2. The number of esters is 1. The van der Waals surface area contributed by atoms with E-state index >= 15 is 0 Å². The third-order valence-corrected chi connectivity index (χ3v) is 5.18. The Morgan fingerprint density at radius 3 is 2.83 bits per heavy atom. The van der Waals surface area contributed by atoms with Crippen LogP contribution in [0, 0.1) is 5.92 Å². The summed E-state index contributed by atoms with van der Waals surface area (Å²) < 4.78 is 5.44. The molecule has 2 heterocycles. The minimum atomic E-state index is -0.333. The van der Waals surface area contributed by atoms with Crippen LogP contribution in [0.4, 0.5) is 0 Å². The Morgan fingerprint density at radius 2 is 2.17 bits per heavy atom. The van der Waals surface area contributed by atoms with Crippen molar-refractivity contribution in [1.82, 2.24) is 5.32 Å². The lowest BCUT2D eigenvalue weighted by Gasteiger charge is -2.37. The molecule has 1 aromatic heterocycles. The molecule has 0 fully saturated rings. The van der Waals surface area contributed by atoms with Gasteiger partial charge in [0.25, 0.3) is 0 Å². The summed E-state index contributed by atoms with van der Waals surface area (Å²) in [6.07, 6.45) is 3.18. The zero-order valence-corrected chi connectivity index (χ0v) is 14.4. The first-order chi connectivity index (χ1) is 11.0. The smallest absolute Gasteiger partial charge is 0.336 e. The number of ketones is 1. The molecule has 122 valence electrons. The second-order valence-electron chi connectivity index (χ2n) is 6.25. The van der Waals surface area contributed by atoms with E-state index in [0.29, 0.717) is 12.0 Å². The van der Waals surface area contributed by atoms with Gasteiger partial charge >= 0.3 is 5.97 Å². The number of ether oxygens (including phenoxy) is 1. The molecule has 0 saturated heterocycles. The van der Waals surface area contributed by atoms with E-state index in [9.17, 15) is 9.59 Å². The Morgan fingerprint density at radius 1 is 1.39 bits per heavy atom. The van der Waals surface area contributed by atoms with Crippen molar-refractivity contribution in [2.45, 2.75) is 45.6 Å². The van der Waals surface area contributed by atoms with Gasteiger partial charge in [-0.2, -0.15) is 0 Å². The minimum Gasteiger partial charge on any atom is -0.460 e. The lowest BCUT2D eigenvalue weighted by molar-refractivity contribution is -0.143. The predicted molar refractivity (Wildman–Crippen MR) is 89.9 cm³/mol. The Balaban J connectivity index is 2.10. The summed E-state index contributed by atoms with van der Waals surface area (Å²) in [4.78, 5) is 26.3. The van der Waals surface area contributed by atoms with Crippen LogP contribution in [0.2, 0.25) is 0 Å². The second-order valence-corrected chi connectivity index (χ2v) is 7.23. The minimum absolute atomic E-state index is 0.189. The molecule has 2 unspecified atom stereocenters. The fraction of sp³-hybridized carbons (Fsp3) is 0.444. The molecule has 0 amide bonds. The van der Waals surface area contributed by atoms with E-state index < -0.39 is 0 Å². The molecular weight excluding hydrogens is 310 g/mol. The Labute approximate surface area is 140 Å². The van der Waals surface area contributed by atoms with Crippen molar-refractivity contribution >= 4 is 23.1 Å². The number of thiophene rings is 1. The third-order valence-electron chi connectivity index (χ3n) is 4.23. The number of hydrogen-bond donors (Lipinski definition) is 1. The van der Waals surface area contributed by atoms with Gasteiger partial charge in [0.2, 0.25) is 0 Å². The average molecular weight is 331 g/mol. The highest BCUT2D eigenvalue weighted by Gasteiger charge is 2.43. The molecule has 3 rings (SSSR count). The standard InChI is InChI=1S/C18H21NO3S/c1-10(2)22-18(21)15-11(3)19-12-6-4-7-13(20)16(12)17(15)14-8-5-9-23-14/h5-6,8-10,16-17,19H,4,7H2,1-3H3. The van der Waals surface area contributed by atoms with E-state index in [1.807, 2.05) is 38.3 Å². The lowest BCUT2D eigenvalue weighted by atomic mass is 9.73. The maximum atomic E-state index is 12.7. The van der Waals surface area contributed by atoms with Crippen molar-refractivity contribution in [3.8, 4) is 0 Å². The Bertz CT molecular complexity index is 685. The van der Waals surface area contributed by atoms with E-state index in [0.717, 1.165) is 22.7 Å². The highest BCUT2D eigenvalue weighted by molar-refractivity contribution is 7.10. The molecule has 1 aliphatic heterocycles. The van der Waals surface area contributed by atoms with Gasteiger partial charge in [0.1, 0.15) is 5.78 Å². The molecule has 23 heavy (non-hydrogen) atoms. The van der Waals surface area contributed by atoms with Gasteiger partial charge in [-0.3, -0.25) is 4.79 Å². The van der Waals surface area contributed by atoms with Crippen molar-refractivity contribution in [1.29, 1.82) is 0 Å². The molecule has 1 N–H and O–H groups in total. The molecule has 0 bridgehead atoms. The van der Waals surface area contributed by atoms with Gasteiger partial charge < -0.3 is 10.1 Å². The Hall–Kier alpha value is -1.88. The fourth-order valence-electron chi connectivity index (χ4n) is 3.34. The summed E-state index contributed by atoms with van der Waals surface area (Å²) in [6.45, 7) is 5.55. The summed E-state index contributed by atoms with van der Waals surface area (Å²) in [7, 11) is 0. The quantitative estimate of drug-likeness (QED) is 0.861. The van der Waals surface area contributed by atoms with Crippen LogP contribution in [0.15, 0.2) is 40.6 Å². The molecule has 2 aliphatic rings. The van der Waals surface area contributed by atoms with Crippen LogP contribution in [0.5, 0.6) is 0 Å². The zero-order chi connectivity index (χ0) is 16.6. The van der Waals surface area contributed by atoms with Gasteiger partial charge in [-0.05, 0) is 38.6 Å². The van der Waals surface area contributed by atoms with Crippen molar-refractivity contribution in [2.24, 2.45) is 5.92 Å². The molecule has 4 nitrogen and oxygen atoms in total. The molecule has 0 aromatic carbocycles. The van der Waals surface area contributed by atoms with Crippen LogP contribution >= 0.6 is 11.3 Å². The summed E-state index contributed by atoms with van der Waals surface area (Å²) >= 11 is 1.58. The first-order valence-corrected chi connectivity index (χ1v) is 8.82. The molecule has 0 radical (unpaired) electrons. The first-order valence-electron chi connectivity index (χ1n) is 7.94. The zero-order valence-electron chi connectivity index (χ0n) is 13.6. The first kappa shape index (κ1) is 16.0. The van der Waals surface area contributed by atoms with Gasteiger partial charge in [-0.15, -0.1) is 11.3 Å². The lowest BCUT2D eigenvalue weighted by Crippen LogP contribution is -2.40. The third kappa shape index (κ3) is 2.98. The van der Waals surface area contributed by atoms with Crippen molar-refractivity contribution in [3.05, 3.63) is 45.4 Å². The number of hydrogen-bond acceptors (Lipinski definition) is 5. The van der Waals surface area contributed by atoms with E-state index in [2.05, 4.69) is 11.4 Å². The SMILES string of the molecule is CC1=C(C(=O)OC(C)C)C(c2cccs2)C2C(=O)CCC=C2N1. The van der Waals surface area contributed by atoms with Crippen LogP contribution in [-0.4, -0.2) is 17.9 Å². The van der Waals surface area contributed by atoms with Crippen LogP contribution in [-0.2, 0) is 14.3 Å². The predicted octanol–water partition coefficient (Wildman–Crippen LogP) is 3.52. The van der Waals surface area contributed by atoms with Crippen LogP contribution in [0.25, 0.3) is 0 Å². The number of nitrogens with one attached hydrogen (secondary N) is 1. The van der Waals surface area contributed by atoms with Gasteiger partial charge in [-0.25, -0.2) is 4.79 Å². The summed E-state index contributed by atoms with van der Waals surface area (Å²) in [5.41, 5.74) is 2.29. The number of allylic oxidation sites excluding steroid dienone is 3. The summed E-state index contributed by atoms with van der Waals surface area (Å²) in [6, 6.07) is 3.95. The highest BCUT2D eigenvalue weighted by atomic mass is 32.1. The molecule has 1 aromatic rings. The van der Waals surface area contributed by atoms with E-state index in [1.165, 1.54) is 0 Å². The monoisotopic (exact) mass is 331 g/mol. The molecule has 0 spiro atoms. The van der Waals surface area contributed by atoms with Crippen LogP contribution in [0.1, 0.15) is 44.4 Å². The maximum Gasteiger partial charge on any atom is 0.336 e. The van der Waals surface area contributed by atoms with Crippen molar-refractivity contribution in [2.75, 3.05) is 0 Å². The van der Waals surface area contributed by atoms with Crippen molar-refractivity contribution in [3.63, 3.8) is 0 Å². The average Bonchev–Trinajstić information content (AvgIpc) is 2.99.